The van der Waals surface area contributed by atoms with Gasteiger partial charge in [-0.2, -0.15) is 0 Å². The predicted octanol–water partition coefficient (Wildman–Crippen LogP) is 2.88. The molecule has 170 valence electrons. The molecule has 2 saturated heterocycles. The van der Waals surface area contributed by atoms with Crippen molar-refractivity contribution in [3.05, 3.63) is 90.0 Å². The minimum atomic E-state index is -0.928. The van der Waals surface area contributed by atoms with E-state index in [1.165, 1.54) is 0 Å². The van der Waals surface area contributed by atoms with Gasteiger partial charge in [-0.15, -0.1) is 0 Å². The molecule has 0 N–H and O–H groups in total. The van der Waals surface area contributed by atoms with Crippen LogP contribution in [0, 0.1) is 0 Å². The lowest BCUT2D eigenvalue weighted by Gasteiger charge is -2.42. The summed E-state index contributed by atoms with van der Waals surface area (Å²) < 4.78 is 11.6. The molecule has 3 aromatic rings. The lowest BCUT2D eigenvalue weighted by Crippen LogP contribution is -2.59. The number of carbonyl (C=O) groups excluding carboxylic acids is 1. The van der Waals surface area contributed by atoms with Crippen LogP contribution in [0.2, 0.25) is 0 Å². The Morgan fingerprint density at radius 1 is 1.09 bits per heavy atom. The normalized spacial score (nSPS) is 23.2. The van der Waals surface area contributed by atoms with Crippen molar-refractivity contribution >= 4 is 5.91 Å². The molecule has 33 heavy (non-hydrogen) atoms. The van der Waals surface area contributed by atoms with Gasteiger partial charge in [-0.05, 0) is 41.5 Å². The third kappa shape index (κ3) is 4.34. The van der Waals surface area contributed by atoms with E-state index in [4.69, 9.17) is 9.47 Å². The maximum absolute atomic E-state index is 14.0. The fourth-order valence-corrected chi connectivity index (χ4v) is 4.94. The highest BCUT2D eigenvalue weighted by atomic mass is 16.5. The summed E-state index contributed by atoms with van der Waals surface area (Å²) in [5.74, 6) is 0.754. The molecule has 2 atom stereocenters. The van der Waals surface area contributed by atoms with Gasteiger partial charge in [0.15, 0.2) is 5.60 Å². The molecule has 7 heteroatoms. The van der Waals surface area contributed by atoms with Crippen LogP contribution in [0.3, 0.4) is 0 Å². The number of hydrogen-bond donors (Lipinski definition) is 0. The molecule has 2 aliphatic heterocycles. The van der Waals surface area contributed by atoms with Gasteiger partial charge in [0.2, 0.25) is 0 Å². The summed E-state index contributed by atoms with van der Waals surface area (Å²) in [4.78, 5) is 27.0. The van der Waals surface area contributed by atoms with Crippen molar-refractivity contribution < 1.29 is 14.3 Å². The van der Waals surface area contributed by atoms with Crippen LogP contribution in [0.4, 0.5) is 0 Å². The molecule has 5 rings (SSSR count). The van der Waals surface area contributed by atoms with Crippen LogP contribution >= 0.6 is 0 Å². The first-order valence-corrected chi connectivity index (χ1v) is 11.3. The Morgan fingerprint density at radius 3 is 2.70 bits per heavy atom. The summed E-state index contributed by atoms with van der Waals surface area (Å²) in [6.45, 7) is 3.55. The predicted molar refractivity (Wildman–Crippen MR) is 124 cm³/mol. The van der Waals surface area contributed by atoms with Crippen molar-refractivity contribution in [1.29, 1.82) is 0 Å². The lowest BCUT2D eigenvalue weighted by atomic mass is 9.83. The molecular formula is C26H28N4O3. The summed E-state index contributed by atoms with van der Waals surface area (Å²) in [5, 5.41) is 0. The molecule has 0 bridgehead atoms. The maximum Gasteiger partial charge on any atom is 0.257 e. The van der Waals surface area contributed by atoms with Gasteiger partial charge in [-0.3, -0.25) is 19.7 Å². The van der Waals surface area contributed by atoms with Crippen molar-refractivity contribution in [2.24, 2.45) is 0 Å². The fraction of sp³-hybridized carbons (Fsp3) is 0.346. The quantitative estimate of drug-likeness (QED) is 0.583. The molecule has 2 aliphatic rings. The summed E-state index contributed by atoms with van der Waals surface area (Å²) >= 11 is 0. The number of carbonyl (C=O) groups is 1. The number of nitrogens with zero attached hydrogens (tertiary/aromatic N) is 4. The van der Waals surface area contributed by atoms with Crippen LogP contribution in [0.5, 0.6) is 5.75 Å². The molecule has 7 nitrogen and oxygen atoms in total. The van der Waals surface area contributed by atoms with Gasteiger partial charge in [0.05, 0.1) is 19.4 Å². The first-order valence-electron chi connectivity index (χ1n) is 11.3. The lowest BCUT2D eigenvalue weighted by molar-refractivity contribution is -0.173. The second-order valence-corrected chi connectivity index (χ2v) is 8.64. The van der Waals surface area contributed by atoms with Crippen LogP contribution in [-0.4, -0.2) is 64.6 Å². The monoisotopic (exact) mass is 444 g/mol. The Morgan fingerprint density at radius 2 is 1.97 bits per heavy atom. The molecule has 0 saturated carbocycles. The zero-order valence-electron chi connectivity index (χ0n) is 18.8. The number of methoxy groups -OCH3 is 1. The topological polar surface area (TPSA) is 67.8 Å². The van der Waals surface area contributed by atoms with Gasteiger partial charge in [0.1, 0.15) is 5.75 Å². The number of rotatable bonds is 6. The first kappa shape index (κ1) is 21.6. The highest BCUT2D eigenvalue weighted by Gasteiger charge is 2.57. The molecule has 0 radical (unpaired) electrons. The van der Waals surface area contributed by atoms with Crippen molar-refractivity contribution in [3.63, 3.8) is 0 Å². The number of hydrogen-bond acceptors (Lipinski definition) is 6. The zero-order chi connectivity index (χ0) is 22.7. The van der Waals surface area contributed by atoms with Gasteiger partial charge >= 0.3 is 0 Å². The van der Waals surface area contributed by atoms with E-state index in [9.17, 15) is 4.79 Å². The summed E-state index contributed by atoms with van der Waals surface area (Å²) in [7, 11) is 1.65. The van der Waals surface area contributed by atoms with Crippen LogP contribution in [0.25, 0.3) is 0 Å². The van der Waals surface area contributed by atoms with Gasteiger partial charge < -0.3 is 14.4 Å². The molecule has 1 spiro atoms. The molecule has 1 aromatic carbocycles. The van der Waals surface area contributed by atoms with E-state index < -0.39 is 5.60 Å². The van der Waals surface area contributed by atoms with E-state index in [1.807, 2.05) is 65.7 Å². The van der Waals surface area contributed by atoms with E-state index >= 15 is 0 Å². The third-order valence-corrected chi connectivity index (χ3v) is 6.56. The minimum Gasteiger partial charge on any atom is -0.497 e. The Balaban J connectivity index is 1.42. The molecule has 0 aliphatic carbocycles. The largest absolute Gasteiger partial charge is 0.497 e. The SMILES string of the molecule is COc1ccc(CN2CCO[C@@]3(CN(Cc4ccccn4)C[C@H]3c3cccnc3)C2=O)cc1. The van der Waals surface area contributed by atoms with E-state index in [0.29, 0.717) is 39.3 Å². The highest BCUT2D eigenvalue weighted by molar-refractivity contribution is 5.88. The van der Waals surface area contributed by atoms with Crippen molar-refractivity contribution in [3.8, 4) is 5.75 Å². The average Bonchev–Trinajstić information content (AvgIpc) is 3.22. The van der Waals surface area contributed by atoms with E-state index in [-0.39, 0.29) is 11.8 Å². The van der Waals surface area contributed by atoms with E-state index in [2.05, 4.69) is 14.9 Å². The number of morpholine rings is 1. The summed E-state index contributed by atoms with van der Waals surface area (Å²) in [5.41, 5.74) is 2.16. The molecule has 4 heterocycles. The number of pyridine rings is 2. The van der Waals surface area contributed by atoms with Crippen molar-refractivity contribution in [2.45, 2.75) is 24.6 Å². The third-order valence-electron chi connectivity index (χ3n) is 6.56. The zero-order valence-corrected chi connectivity index (χ0v) is 18.8. The average molecular weight is 445 g/mol. The van der Waals surface area contributed by atoms with Gasteiger partial charge in [0, 0.05) is 57.2 Å². The minimum absolute atomic E-state index is 0.0435. The smallest absolute Gasteiger partial charge is 0.257 e. The van der Waals surface area contributed by atoms with Crippen LogP contribution < -0.4 is 4.74 Å². The molecule has 2 aromatic heterocycles. The Bertz CT molecular complexity index is 1080. The number of likely N-dealkylation sites (tertiary alicyclic amines) is 1. The van der Waals surface area contributed by atoms with Crippen LogP contribution in [0.15, 0.2) is 73.2 Å². The molecular weight excluding hydrogens is 416 g/mol. The van der Waals surface area contributed by atoms with Crippen molar-refractivity contribution in [2.75, 3.05) is 33.4 Å². The van der Waals surface area contributed by atoms with Crippen molar-refractivity contribution in [1.82, 2.24) is 19.8 Å². The summed E-state index contributed by atoms with van der Waals surface area (Å²) in [6, 6.07) is 17.8. The number of amides is 1. The second kappa shape index (κ2) is 9.29. The van der Waals surface area contributed by atoms with Gasteiger partial charge in [-0.1, -0.05) is 24.3 Å². The number of benzene rings is 1. The Kier molecular flexibility index (Phi) is 6.07. The first-order chi connectivity index (χ1) is 16.2. The highest BCUT2D eigenvalue weighted by Crippen LogP contribution is 2.42. The number of ether oxygens (including phenoxy) is 2. The second-order valence-electron chi connectivity index (χ2n) is 8.64. The summed E-state index contributed by atoms with van der Waals surface area (Å²) in [6.07, 6.45) is 5.42. The number of aromatic nitrogens is 2. The van der Waals surface area contributed by atoms with Gasteiger partial charge in [0.25, 0.3) is 5.91 Å². The Labute approximate surface area is 194 Å². The molecule has 1 amide bonds. The maximum atomic E-state index is 14.0. The Hall–Kier alpha value is -3.29. The van der Waals surface area contributed by atoms with E-state index in [1.54, 1.807) is 19.5 Å². The standard InChI is InChI=1S/C26H28N4O3/c1-32-23-9-7-20(8-10-23)16-30-13-14-33-26(25(30)31)19-29(17-22-6-2-3-12-28-22)18-24(26)21-5-4-11-27-15-21/h2-12,15,24H,13-14,16-19H2,1H3/t24-,26+/m0/s1. The van der Waals surface area contributed by atoms with Gasteiger partial charge in [-0.25, -0.2) is 0 Å². The molecule has 0 unspecified atom stereocenters. The fourth-order valence-electron chi connectivity index (χ4n) is 4.94. The van der Waals surface area contributed by atoms with Crippen LogP contribution in [-0.2, 0) is 22.6 Å². The molecule has 2 fully saturated rings. The van der Waals surface area contributed by atoms with Crippen LogP contribution in [0.1, 0.15) is 22.7 Å². The van der Waals surface area contributed by atoms with E-state index in [0.717, 1.165) is 22.6 Å².